The molecule has 0 bridgehead atoms. The highest BCUT2D eigenvalue weighted by Gasteiger charge is 2.15. The largest absolute Gasteiger partial charge is 0.395 e. The van der Waals surface area contributed by atoms with Crippen molar-refractivity contribution in [2.75, 3.05) is 25.0 Å². The third kappa shape index (κ3) is 6.20. The second-order valence-electron chi connectivity index (χ2n) is 8.10. The zero-order valence-corrected chi connectivity index (χ0v) is 21.3. The number of rotatable bonds is 10. The Kier molecular flexibility index (Phi) is 7.88. The lowest BCUT2D eigenvalue weighted by molar-refractivity contribution is 0.252. The number of benzene rings is 2. The highest BCUT2D eigenvalue weighted by atomic mass is 32.2. The van der Waals surface area contributed by atoms with Crippen molar-refractivity contribution in [2.45, 2.75) is 31.2 Å². The van der Waals surface area contributed by atoms with Gasteiger partial charge in [0.25, 0.3) is 0 Å². The Balaban J connectivity index is 1.40. The van der Waals surface area contributed by atoms with Crippen molar-refractivity contribution in [1.82, 2.24) is 35.2 Å². The first kappa shape index (κ1) is 25.6. The van der Waals surface area contributed by atoms with E-state index < -0.39 is 10.0 Å². The number of nitrogens with one attached hydrogen (secondary N) is 3. The molecule has 2 aromatic heterocycles. The summed E-state index contributed by atoms with van der Waals surface area (Å²) in [4.78, 5) is 18.4. The minimum absolute atomic E-state index is 0.0562. The molecule has 0 fully saturated rings. The first-order valence-corrected chi connectivity index (χ1v) is 13.5. The summed E-state index contributed by atoms with van der Waals surface area (Å²) in [5, 5.41) is 27.0. The van der Waals surface area contributed by atoms with Crippen LogP contribution in [0.1, 0.15) is 25.7 Å². The van der Waals surface area contributed by atoms with Crippen molar-refractivity contribution in [2.24, 2.45) is 0 Å². The van der Waals surface area contributed by atoms with Gasteiger partial charge in [-0.15, -0.1) is 10.2 Å². The Hall–Kier alpha value is -3.46. The fourth-order valence-electron chi connectivity index (χ4n) is 3.27. The number of aliphatic hydroxyl groups excluding tert-OH is 1. The van der Waals surface area contributed by atoms with E-state index in [9.17, 15) is 13.2 Å². The van der Waals surface area contributed by atoms with Crippen LogP contribution in [-0.2, 0) is 16.4 Å². The van der Waals surface area contributed by atoms with E-state index >= 15 is 0 Å². The molecule has 0 unspecified atom stereocenters. The molecule has 36 heavy (non-hydrogen) atoms. The van der Waals surface area contributed by atoms with Gasteiger partial charge in [-0.2, -0.15) is 4.80 Å². The quantitative estimate of drug-likeness (QED) is 0.242. The van der Waals surface area contributed by atoms with E-state index in [1.807, 2.05) is 38.1 Å². The predicted molar refractivity (Wildman–Crippen MR) is 136 cm³/mol. The summed E-state index contributed by atoms with van der Waals surface area (Å²) in [6.07, 6.45) is 0.452. The number of sulfonamides is 1. The summed E-state index contributed by atoms with van der Waals surface area (Å²) in [7, 11) is -3.72. The van der Waals surface area contributed by atoms with Gasteiger partial charge in [0.1, 0.15) is 0 Å². The number of tetrazole rings is 1. The molecule has 0 aliphatic carbocycles. The Bertz CT molecular complexity index is 1470. The van der Waals surface area contributed by atoms with Crippen LogP contribution in [0.4, 0.5) is 9.93 Å². The molecule has 4 rings (SSSR count). The van der Waals surface area contributed by atoms with Crippen LogP contribution in [-0.4, -0.2) is 64.4 Å². The number of aliphatic hydroxyl groups is 1. The lowest BCUT2D eigenvalue weighted by Crippen LogP contribution is -2.30. The maximum atomic E-state index is 12.4. The minimum atomic E-state index is -3.72. The third-order valence-electron chi connectivity index (χ3n) is 5.06. The van der Waals surface area contributed by atoms with E-state index in [1.165, 1.54) is 22.2 Å². The molecule has 2 aromatic carbocycles. The van der Waals surface area contributed by atoms with Crippen LogP contribution in [0, 0.1) is 0 Å². The van der Waals surface area contributed by atoms with Crippen LogP contribution in [0.2, 0.25) is 0 Å². The Morgan fingerprint density at radius 2 is 1.94 bits per heavy atom. The molecule has 0 saturated carbocycles. The molecule has 2 amide bonds. The number of carbonyl (C=O) groups excluding carboxylic acids is 1. The van der Waals surface area contributed by atoms with Crippen molar-refractivity contribution in [3.05, 3.63) is 48.3 Å². The minimum Gasteiger partial charge on any atom is -0.395 e. The van der Waals surface area contributed by atoms with E-state index in [0.29, 0.717) is 35.0 Å². The summed E-state index contributed by atoms with van der Waals surface area (Å²) >= 11 is 1.31. The maximum absolute atomic E-state index is 12.4. The number of urea groups is 1. The second kappa shape index (κ2) is 11.1. The molecular formula is C22H26N8O4S2. The molecule has 0 saturated heterocycles. The van der Waals surface area contributed by atoms with Gasteiger partial charge in [-0.3, -0.25) is 5.32 Å². The number of amides is 2. The van der Waals surface area contributed by atoms with Crippen LogP contribution in [0.25, 0.3) is 21.3 Å². The highest BCUT2D eigenvalue weighted by Crippen LogP contribution is 2.31. The molecule has 12 nitrogen and oxygen atoms in total. The average Bonchev–Trinajstić information content (AvgIpc) is 3.49. The number of hydrogen-bond acceptors (Lipinski definition) is 9. The molecule has 0 aliphatic heterocycles. The Morgan fingerprint density at radius 1 is 1.14 bits per heavy atom. The monoisotopic (exact) mass is 530 g/mol. The van der Waals surface area contributed by atoms with Gasteiger partial charge in [-0.05, 0) is 54.5 Å². The van der Waals surface area contributed by atoms with Crippen molar-refractivity contribution in [3.8, 4) is 11.1 Å². The van der Waals surface area contributed by atoms with Crippen molar-refractivity contribution >= 4 is 42.7 Å². The van der Waals surface area contributed by atoms with Crippen molar-refractivity contribution in [1.29, 1.82) is 0 Å². The fraction of sp³-hybridized carbons (Fsp3) is 0.318. The van der Waals surface area contributed by atoms with Crippen LogP contribution in [0.15, 0.2) is 47.4 Å². The normalized spacial score (nSPS) is 11.8. The van der Waals surface area contributed by atoms with Gasteiger partial charge in [0.2, 0.25) is 10.0 Å². The summed E-state index contributed by atoms with van der Waals surface area (Å²) in [5.74, 6) is 0.553. The molecule has 0 aliphatic rings. The van der Waals surface area contributed by atoms with Crippen molar-refractivity contribution < 1.29 is 18.3 Å². The van der Waals surface area contributed by atoms with Crippen LogP contribution in [0.3, 0.4) is 0 Å². The van der Waals surface area contributed by atoms with Gasteiger partial charge in [-0.1, -0.05) is 29.5 Å². The van der Waals surface area contributed by atoms with Gasteiger partial charge >= 0.3 is 6.03 Å². The number of carbonyl (C=O) groups is 1. The van der Waals surface area contributed by atoms with Gasteiger partial charge in [-0.25, -0.2) is 22.9 Å². The zero-order chi connectivity index (χ0) is 25.7. The second-order valence-corrected chi connectivity index (χ2v) is 10.9. The third-order valence-corrected chi connectivity index (χ3v) is 7.45. The number of aromatic nitrogens is 5. The smallest absolute Gasteiger partial charge is 0.321 e. The Morgan fingerprint density at radius 3 is 2.69 bits per heavy atom. The summed E-state index contributed by atoms with van der Waals surface area (Å²) in [6.45, 7) is 3.92. The van der Waals surface area contributed by atoms with Gasteiger partial charge in [0, 0.05) is 19.5 Å². The molecule has 190 valence electrons. The molecular weight excluding hydrogens is 504 g/mol. The fourth-order valence-corrected chi connectivity index (χ4v) is 5.23. The Labute approximate surface area is 211 Å². The van der Waals surface area contributed by atoms with E-state index in [2.05, 4.69) is 35.8 Å². The number of nitrogens with zero attached hydrogens (tertiary/aromatic N) is 5. The number of fused-ring (bicyclic) bond motifs is 1. The molecule has 0 radical (unpaired) electrons. The van der Waals surface area contributed by atoms with Gasteiger partial charge in [0.05, 0.1) is 27.8 Å². The van der Waals surface area contributed by atoms with Gasteiger partial charge in [0.15, 0.2) is 11.0 Å². The molecule has 4 N–H and O–H groups in total. The number of hydrogen-bond donors (Lipinski definition) is 4. The first-order valence-electron chi connectivity index (χ1n) is 11.2. The summed E-state index contributed by atoms with van der Waals surface area (Å²) in [6, 6.07) is 11.8. The molecule has 0 spiro atoms. The van der Waals surface area contributed by atoms with E-state index in [1.54, 1.807) is 12.1 Å². The van der Waals surface area contributed by atoms with Crippen LogP contribution in [0.5, 0.6) is 0 Å². The van der Waals surface area contributed by atoms with Gasteiger partial charge < -0.3 is 10.4 Å². The van der Waals surface area contributed by atoms with Crippen LogP contribution < -0.4 is 15.4 Å². The molecule has 14 heteroatoms. The topological polar surface area (TPSA) is 164 Å². The van der Waals surface area contributed by atoms with Crippen LogP contribution >= 0.6 is 11.3 Å². The maximum Gasteiger partial charge on any atom is 0.321 e. The summed E-state index contributed by atoms with van der Waals surface area (Å²) in [5.41, 5.74) is 2.23. The standard InChI is InChI=1S/C22H26N8O4S2/c1-14(2)30-28-20(27-29-30)8-9-23-21(32)26-22-25-18-7-6-16(13-19(18)35-22)15-4-3-5-17(12-15)36(33,34)24-10-11-31/h3-7,12-14,24,31H,8-11H2,1-2H3,(H2,23,25,26,32). The lowest BCUT2D eigenvalue weighted by atomic mass is 10.1. The van der Waals surface area contributed by atoms with E-state index in [0.717, 1.165) is 10.3 Å². The van der Waals surface area contributed by atoms with E-state index in [4.69, 9.17) is 5.11 Å². The lowest BCUT2D eigenvalue weighted by Gasteiger charge is -2.08. The average molecular weight is 531 g/mol. The number of thiazole rings is 1. The highest BCUT2D eigenvalue weighted by molar-refractivity contribution is 7.89. The zero-order valence-electron chi connectivity index (χ0n) is 19.7. The van der Waals surface area contributed by atoms with Crippen molar-refractivity contribution in [3.63, 3.8) is 0 Å². The SMILES string of the molecule is CC(C)n1nnc(CCNC(=O)Nc2nc3ccc(-c4cccc(S(=O)(=O)NCCO)c4)cc3s2)n1. The molecule has 4 aromatic rings. The molecule has 2 heterocycles. The predicted octanol–water partition coefficient (Wildman–Crippen LogP) is 2.17. The molecule has 0 atom stereocenters. The first-order chi connectivity index (χ1) is 17.2. The number of anilines is 1. The van der Waals surface area contributed by atoms with E-state index in [-0.39, 0.29) is 30.1 Å². The summed E-state index contributed by atoms with van der Waals surface area (Å²) < 4.78 is 28.0.